The lowest BCUT2D eigenvalue weighted by atomic mass is 10.1. The molecule has 2 nitrogen and oxygen atoms in total. The minimum absolute atomic E-state index is 0.353. The van der Waals surface area contributed by atoms with Crippen LogP contribution in [-0.4, -0.2) is 13.2 Å². The van der Waals surface area contributed by atoms with E-state index < -0.39 is 0 Å². The molecule has 0 aromatic heterocycles. The van der Waals surface area contributed by atoms with Crippen LogP contribution in [0.4, 0.5) is 0 Å². The number of benzene rings is 1. The number of ether oxygens (including phenoxy) is 1. The molecule has 94 valence electrons. The molecule has 1 aromatic rings. The molecule has 1 N–H and O–H groups in total. The van der Waals surface area contributed by atoms with Crippen molar-refractivity contribution in [3.63, 3.8) is 0 Å². The van der Waals surface area contributed by atoms with Crippen LogP contribution in [-0.2, 0) is 6.54 Å². The van der Waals surface area contributed by atoms with Gasteiger partial charge in [-0.1, -0.05) is 42.8 Å². The Labute approximate surface area is 109 Å². The van der Waals surface area contributed by atoms with Crippen molar-refractivity contribution in [3.05, 3.63) is 40.9 Å². The van der Waals surface area contributed by atoms with Gasteiger partial charge in [-0.15, -0.1) is 0 Å². The molecule has 0 heterocycles. The van der Waals surface area contributed by atoms with Gasteiger partial charge in [0.05, 0.1) is 0 Å². The second-order valence-electron chi connectivity index (χ2n) is 4.09. The Kier molecular flexibility index (Phi) is 6.09. The standard InChI is InChI=1S/C14H20ClNO/c1-4-7-16-9-13-8-11(2)5-6-14(13)17-10-12(3)15/h5-6,8,16H,3-4,7,9-10H2,1-2H3. The summed E-state index contributed by atoms with van der Waals surface area (Å²) in [5.41, 5.74) is 2.40. The first-order chi connectivity index (χ1) is 8.13. The minimum atomic E-state index is 0.353. The first-order valence-corrected chi connectivity index (χ1v) is 6.27. The molecule has 0 saturated carbocycles. The summed E-state index contributed by atoms with van der Waals surface area (Å²) in [6.45, 7) is 10.0. The molecule has 0 aliphatic carbocycles. The summed E-state index contributed by atoms with van der Waals surface area (Å²) in [6.07, 6.45) is 1.13. The highest BCUT2D eigenvalue weighted by molar-refractivity contribution is 6.29. The van der Waals surface area contributed by atoms with Gasteiger partial charge in [0.25, 0.3) is 0 Å². The van der Waals surface area contributed by atoms with Crippen LogP contribution in [0.25, 0.3) is 0 Å². The second kappa shape index (κ2) is 7.36. The van der Waals surface area contributed by atoms with Crippen molar-refractivity contribution in [1.29, 1.82) is 0 Å². The average molecular weight is 254 g/mol. The highest BCUT2D eigenvalue weighted by Gasteiger charge is 2.04. The zero-order valence-corrected chi connectivity index (χ0v) is 11.3. The number of hydrogen-bond donors (Lipinski definition) is 1. The van der Waals surface area contributed by atoms with Gasteiger partial charge in [0, 0.05) is 17.1 Å². The van der Waals surface area contributed by atoms with Gasteiger partial charge in [-0.05, 0) is 26.0 Å². The van der Waals surface area contributed by atoms with Crippen molar-refractivity contribution in [3.8, 4) is 5.75 Å². The van der Waals surface area contributed by atoms with Crippen LogP contribution in [0.15, 0.2) is 29.8 Å². The van der Waals surface area contributed by atoms with Gasteiger partial charge in [0.2, 0.25) is 0 Å². The number of halogens is 1. The Balaban J connectivity index is 2.69. The average Bonchev–Trinajstić information content (AvgIpc) is 2.28. The molecule has 3 heteroatoms. The smallest absolute Gasteiger partial charge is 0.124 e. The van der Waals surface area contributed by atoms with E-state index in [1.807, 2.05) is 12.1 Å². The van der Waals surface area contributed by atoms with Crippen LogP contribution in [0.3, 0.4) is 0 Å². The maximum atomic E-state index is 5.70. The Morgan fingerprint density at radius 3 is 2.88 bits per heavy atom. The SMILES string of the molecule is C=C(Cl)COc1ccc(C)cc1CNCCC. The van der Waals surface area contributed by atoms with Crippen LogP contribution in [0.2, 0.25) is 0 Å². The minimum Gasteiger partial charge on any atom is -0.488 e. The van der Waals surface area contributed by atoms with Crippen molar-refractivity contribution >= 4 is 11.6 Å². The summed E-state index contributed by atoms with van der Waals surface area (Å²) in [5.74, 6) is 0.876. The van der Waals surface area contributed by atoms with E-state index in [0.717, 1.165) is 30.8 Å². The van der Waals surface area contributed by atoms with E-state index in [0.29, 0.717) is 11.6 Å². The fourth-order valence-corrected chi connectivity index (χ4v) is 1.60. The zero-order chi connectivity index (χ0) is 12.7. The van der Waals surface area contributed by atoms with E-state index in [4.69, 9.17) is 16.3 Å². The van der Waals surface area contributed by atoms with Crippen molar-refractivity contribution in [2.45, 2.75) is 26.8 Å². The maximum absolute atomic E-state index is 5.70. The lowest BCUT2D eigenvalue weighted by molar-refractivity contribution is 0.354. The van der Waals surface area contributed by atoms with Crippen molar-refractivity contribution < 1.29 is 4.74 Å². The summed E-state index contributed by atoms with van der Waals surface area (Å²) in [5, 5.41) is 3.88. The molecular formula is C14H20ClNO. The summed E-state index contributed by atoms with van der Waals surface area (Å²) < 4.78 is 5.61. The fourth-order valence-electron chi connectivity index (χ4n) is 1.54. The topological polar surface area (TPSA) is 21.3 Å². The third-order valence-corrected chi connectivity index (χ3v) is 2.45. The monoisotopic (exact) mass is 253 g/mol. The normalized spacial score (nSPS) is 10.3. The number of rotatable bonds is 7. The Morgan fingerprint density at radius 1 is 1.47 bits per heavy atom. The zero-order valence-electron chi connectivity index (χ0n) is 10.6. The molecule has 0 bridgehead atoms. The van der Waals surface area contributed by atoms with Gasteiger partial charge in [0.15, 0.2) is 0 Å². The number of nitrogens with one attached hydrogen (secondary N) is 1. The molecule has 1 rings (SSSR count). The third kappa shape index (κ3) is 5.24. The van der Waals surface area contributed by atoms with Gasteiger partial charge in [-0.3, -0.25) is 0 Å². The Morgan fingerprint density at radius 2 is 2.24 bits per heavy atom. The number of aryl methyl sites for hydroxylation is 1. The van der Waals surface area contributed by atoms with Crippen LogP contribution < -0.4 is 10.1 Å². The maximum Gasteiger partial charge on any atom is 0.124 e. The van der Waals surface area contributed by atoms with E-state index in [2.05, 4.69) is 31.8 Å². The summed E-state index contributed by atoms with van der Waals surface area (Å²) in [7, 11) is 0. The van der Waals surface area contributed by atoms with Crippen LogP contribution >= 0.6 is 11.6 Å². The largest absolute Gasteiger partial charge is 0.488 e. The van der Waals surface area contributed by atoms with Crippen molar-refractivity contribution in [2.24, 2.45) is 0 Å². The van der Waals surface area contributed by atoms with Gasteiger partial charge in [-0.25, -0.2) is 0 Å². The first kappa shape index (κ1) is 14.1. The summed E-state index contributed by atoms with van der Waals surface area (Å²) in [4.78, 5) is 0. The molecule has 1 aromatic carbocycles. The highest BCUT2D eigenvalue weighted by Crippen LogP contribution is 2.20. The van der Waals surface area contributed by atoms with E-state index in [-0.39, 0.29) is 0 Å². The molecule has 0 spiro atoms. The fraction of sp³-hybridized carbons (Fsp3) is 0.429. The van der Waals surface area contributed by atoms with E-state index in [1.54, 1.807) is 0 Å². The Bertz CT molecular complexity index is 376. The number of hydrogen-bond acceptors (Lipinski definition) is 2. The van der Waals surface area contributed by atoms with Gasteiger partial charge in [-0.2, -0.15) is 0 Å². The third-order valence-electron chi connectivity index (χ3n) is 2.34. The molecule has 0 saturated heterocycles. The van der Waals surface area contributed by atoms with Gasteiger partial charge >= 0.3 is 0 Å². The molecule has 0 aliphatic heterocycles. The molecule has 0 fully saturated rings. The van der Waals surface area contributed by atoms with E-state index >= 15 is 0 Å². The second-order valence-corrected chi connectivity index (χ2v) is 4.63. The quantitative estimate of drug-likeness (QED) is 0.750. The molecule has 0 amide bonds. The predicted octanol–water partition coefficient (Wildman–Crippen LogP) is 3.63. The summed E-state index contributed by atoms with van der Waals surface area (Å²) in [6, 6.07) is 6.16. The van der Waals surface area contributed by atoms with E-state index in [1.165, 1.54) is 5.56 Å². The molecule has 17 heavy (non-hydrogen) atoms. The van der Waals surface area contributed by atoms with Crippen molar-refractivity contribution in [1.82, 2.24) is 5.32 Å². The summed E-state index contributed by atoms with van der Waals surface area (Å²) >= 11 is 5.70. The van der Waals surface area contributed by atoms with E-state index in [9.17, 15) is 0 Å². The van der Waals surface area contributed by atoms with Crippen LogP contribution in [0, 0.1) is 6.92 Å². The lowest BCUT2D eigenvalue weighted by Crippen LogP contribution is -2.15. The molecule has 0 unspecified atom stereocenters. The van der Waals surface area contributed by atoms with Gasteiger partial charge < -0.3 is 10.1 Å². The molecule has 0 atom stereocenters. The van der Waals surface area contributed by atoms with Crippen LogP contribution in [0.1, 0.15) is 24.5 Å². The first-order valence-electron chi connectivity index (χ1n) is 5.89. The molecule has 0 radical (unpaired) electrons. The van der Waals surface area contributed by atoms with Crippen molar-refractivity contribution in [2.75, 3.05) is 13.2 Å². The van der Waals surface area contributed by atoms with Gasteiger partial charge in [0.1, 0.15) is 12.4 Å². The predicted molar refractivity (Wildman–Crippen MR) is 73.7 cm³/mol. The lowest BCUT2D eigenvalue weighted by Gasteiger charge is -2.12. The molecule has 0 aliphatic rings. The highest BCUT2D eigenvalue weighted by atomic mass is 35.5. The van der Waals surface area contributed by atoms with Crippen LogP contribution in [0.5, 0.6) is 5.75 Å². The Hall–Kier alpha value is -0.990. The molecular weight excluding hydrogens is 234 g/mol.